The molecule has 36 heavy (non-hydrogen) atoms. The van der Waals surface area contributed by atoms with E-state index in [9.17, 15) is 14.7 Å². The molecule has 7 nitrogen and oxygen atoms in total. The van der Waals surface area contributed by atoms with Gasteiger partial charge < -0.3 is 24.4 Å². The van der Waals surface area contributed by atoms with E-state index in [4.69, 9.17) is 9.47 Å². The lowest BCUT2D eigenvalue weighted by Crippen LogP contribution is -2.36. The van der Waals surface area contributed by atoms with Crippen molar-refractivity contribution in [3.63, 3.8) is 0 Å². The van der Waals surface area contributed by atoms with E-state index in [1.54, 1.807) is 34.5 Å². The molecule has 1 N–H and O–H groups in total. The van der Waals surface area contributed by atoms with E-state index >= 15 is 0 Å². The van der Waals surface area contributed by atoms with Crippen LogP contribution in [0.5, 0.6) is 11.5 Å². The van der Waals surface area contributed by atoms with Gasteiger partial charge >= 0.3 is 0 Å². The van der Waals surface area contributed by atoms with Crippen LogP contribution in [0.3, 0.4) is 0 Å². The average Bonchev–Trinajstić information content (AvgIpc) is 3.49. The minimum atomic E-state index is -0.675. The Kier molecular flexibility index (Phi) is 8.07. The van der Waals surface area contributed by atoms with Crippen LogP contribution in [0.25, 0.3) is 0 Å². The molecule has 4 rings (SSSR count). The van der Waals surface area contributed by atoms with Crippen molar-refractivity contribution in [3.8, 4) is 11.5 Å². The third kappa shape index (κ3) is 5.61. The van der Waals surface area contributed by atoms with Gasteiger partial charge in [0, 0.05) is 13.1 Å². The van der Waals surface area contributed by atoms with Crippen molar-refractivity contribution >= 4 is 23.0 Å². The van der Waals surface area contributed by atoms with Crippen LogP contribution in [-0.2, 0) is 4.79 Å². The Morgan fingerprint density at radius 3 is 2.42 bits per heavy atom. The molecule has 0 saturated carbocycles. The monoisotopic (exact) mass is 506 g/mol. The van der Waals surface area contributed by atoms with E-state index in [2.05, 4.69) is 0 Å². The van der Waals surface area contributed by atoms with Gasteiger partial charge in [0.05, 0.1) is 16.5 Å². The SMILES string of the molecule is Cc1ccccc1OCCOc1ccc([C@@H]2C(C(=O)c3cccs3)=C(O)C(=O)N2CCN(C)C)cc1. The van der Waals surface area contributed by atoms with Crippen LogP contribution in [0.1, 0.15) is 26.8 Å². The number of likely N-dealkylation sites (N-methyl/N-ethyl adjacent to an activating group) is 1. The zero-order valence-corrected chi connectivity index (χ0v) is 21.5. The molecule has 0 aliphatic carbocycles. The normalized spacial score (nSPS) is 15.6. The molecular formula is C28H30N2O5S. The number of carbonyl (C=O) groups excluding carboxylic acids is 2. The molecular weight excluding hydrogens is 476 g/mol. The number of ether oxygens (including phenoxy) is 2. The molecule has 1 amide bonds. The van der Waals surface area contributed by atoms with Crippen LogP contribution < -0.4 is 9.47 Å². The van der Waals surface area contributed by atoms with Gasteiger partial charge in [0.2, 0.25) is 5.78 Å². The van der Waals surface area contributed by atoms with E-state index in [0.717, 1.165) is 16.9 Å². The number of benzene rings is 2. The van der Waals surface area contributed by atoms with Gasteiger partial charge in [-0.3, -0.25) is 9.59 Å². The summed E-state index contributed by atoms with van der Waals surface area (Å²) >= 11 is 1.29. The fourth-order valence-electron chi connectivity index (χ4n) is 4.09. The predicted octanol–water partition coefficient (Wildman–Crippen LogP) is 4.65. The molecule has 3 aromatic rings. The maximum Gasteiger partial charge on any atom is 0.290 e. The van der Waals surface area contributed by atoms with E-state index in [-0.39, 0.29) is 11.4 Å². The first-order valence-electron chi connectivity index (χ1n) is 11.7. The molecule has 2 aromatic carbocycles. The summed E-state index contributed by atoms with van der Waals surface area (Å²) in [6, 6.07) is 17.9. The van der Waals surface area contributed by atoms with E-state index in [1.165, 1.54) is 11.3 Å². The molecule has 0 bridgehead atoms. The maximum absolute atomic E-state index is 13.3. The van der Waals surface area contributed by atoms with E-state index in [0.29, 0.717) is 36.9 Å². The first kappa shape index (κ1) is 25.5. The number of para-hydroxylation sites is 1. The van der Waals surface area contributed by atoms with Crippen molar-refractivity contribution < 1.29 is 24.2 Å². The molecule has 1 atom stereocenters. The highest BCUT2D eigenvalue weighted by Gasteiger charge is 2.43. The fourth-order valence-corrected chi connectivity index (χ4v) is 4.76. The topological polar surface area (TPSA) is 79.3 Å². The number of aliphatic hydroxyl groups is 1. The molecule has 2 heterocycles. The Bertz CT molecular complexity index is 1240. The smallest absolute Gasteiger partial charge is 0.290 e. The first-order chi connectivity index (χ1) is 17.4. The molecule has 1 aliphatic heterocycles. The molecule has 1 aliphatic rings. The van der Waals surface area contributed by atoms with Gasteiger partial charge in [0.1, 0.15) is 24.7 Å². The summed E-state index contributed by atoms with van der Waals surface area (Å²) in [6.07, 6.45) is 0. The lowest BCUT2D eigenvalue weighted by Gasteiger charge is -2.28. The average molecular weight is 507 g/mol. The van der Waals surface area contributed by atoms with Crippen molar-refractivity contribution in [3.05, 3.63) is 93.4 Å². The second-order valence-corrected chi connectivity index (χ2v) is 9.75. The molecule has 0 fully saturated rings. The molecule has 0 saturated heterocycles. The van der Waals surface area contributed by atoms with Crippen molar-refractivity contribution in [2.24, 2.45) is 0 Å². The number of carbonyl (C=O) groups is 2. The number of hydrogen-bond acceptors (Lipinski definition) is 7. The minimum absolute atomic E-state index is 0.113. The van der Waals surface area contributed by atoms with Gasteiger partial charge in [-0.05, 0) is 61.8 Å². The second kappa shape index (κ2) is 11.4. The van der Waals surface area contributed by atoms with Crippen LogP contribution in [0, 0.1) is 6.92 Å². The summed E-state index contributed by atoms with van der Waals surface area (Å²) in [6.45, 7) is 3.73. The minimum Gasteiger partial charge on any atom is -0.503 e. The lowest BCUT2D eigenvalue weighted by molar-refractivity contribution is -0.129. The van der Waals surface area contributed by atoms with Crippen LogP contribution in [0.15, 0.2) is 77.4 Å². The summed E-state index contributed by atoms with van der Waals surface area (Å²) in [5.41, 5.74) is 1.91. The number of aliphatic hydroxyl groups excluding tert-OH is 1. The Morgan fingerprint density at radius 1 is 1.03 bits per heavy atom. The van der Waals surface area contributed by atoms with Crippen molar-refractivity contribution in [1.82, 2.24) is 9.80 Å². The largest absolute Gasteiger partial charge is 0.503 e. The highest BCUT2D eigenvalue weighted by Crippen LogP contribution is 2.39. The number of nitrogens with zero attached hydrogens (tertiary/aromatic N) is 2. The Morgan fingerprint density at radius 2 is 1.75 bits per heavy atom. The van der Waals surface area contributed by atoms with Crippen molar-refractivity contribution in [1.29, 1.82) is 0 Å². The van der Waals surface area contributed by atoms with Crippen LogP contribution >= 0.6 is 11.3 Å². The van der Waals surface area contributed by atoms with Gasteiger partial charge in [-0.1, -0.05) is 36.4 Å². The van der Waals surface area contributed by atoms with Crippen LogP contribution in [-0.4, -0.2) is 67.0 Å². The highest BCUT2D eigenvalue weighted by atomic mass is 32.1. The standard InChI is InChI=1S/C28H30N2O5S/c1-19-7-4-5-8-22(19)35-17-16-34-21-12-10-20(11-13-21)25-24(26(31)23-9-6-18-36-23)27(32)28(33)30(25)15-14-29(2)3/h4-13,18,25,32H,14-17H2,1-3H3/t25-/m1/s1. The van der Waals surface area contributed by atoms with Gasteiger partial charge in [-0.25, -0.2) is 0 Å². The predicted molar refractivity (Wildman–Crippen MR) is 140 cm³/mol. The van der Waals surface area contributed by atoms with E-state index < -0.39 is 17.7 Å². The lowest BCUT2D eigenvalue weighted by atomic mass is 9.95. The summed E-state index contributed by atoms with van der Waals surface area (Å²) < 4.78 is 11.6. The maximum atomic E-state index is 13.3. The summed E-state index contributed by atoms with van der Waals surface area (Å²) in [7, 11) is 3.82. The van der Waals surface area contributed by atoms with Crippen molar-refractivity contribution in [2.45, 2.75) is 13.0 Å². The second-order valence-electron chi connectivity index (χ2n) is 8.80. The zero-order valence-electron chi connectivity index (χ0n) is 20.6. The first-order valence-corrected chi connectivity index (χ1v) is 12.6. The summed E-state index contributed by atoms with van der Waals surface area (Å²) in [4.78, 5) is 30.3. The third-order valence-electron chi connectivity index (χ3n) is 5.98. The fraction of sp³-hybridized carbons (Fsp3) is 0.286. The number of thiophene rings is 1. The number of ketones is 1. The summed E-state index contributed by atoms with van der Waals surface area (Å²) in [5, 5.41) is 12.5. The van der Waals surface area contributed by atoms with Gasteiger partial charge in [-0.15, -0.1) is 11.3 Å². The number of amides is 1. The van der Waals surface area contributed by atoms with Gasteiger partial charge in [0.15, 0.2) is 5.76 Å². The van der Waals surface area contributed by atoms with Crippen LogP contribution in [0.4, 0.5) is 0 Å². The van der Waals surface area contributed by atoms with E-state index in [1.807, 2.05) is 62.3 Å². The number of rotatable bonds is 11. The molecule has 8 heteroatoms. The zero-order chi connectivity index (χ0) is 25.7. The highest BCUT2D eigenvalue weighted by molar-refractivity contribution is 7.12. The quantitative estimate of drug-likeness (QED) is 0.301. The number of Topliss-reactive ketones (excluding diaryl/α,β-unsaturated/α-hetero) is 1. The Hall–Kier alpha value is -3.62. The molecule has 1 aromatic heterocycles. The molecule has 0 unspecified atom stereocenters. The van der Waals surface area contributed by atoms with Crippen molar-refractivity contribution in [2.75, 3.05) is 40.4 Å². The third-order valence-corrected chi connectivity index (χ3v) is 6.85. The Balaban J connectivity index is 1.49. The Labute approximate surface area is 215 Å². The summed E-state index contributed by atoms with van der Waals surface area (Å²) in [5.74, 6) is 0.133. The molecule has 0 spiro atoms. The number of hydrogen-bond donors (Lipinski definition) is 1. The molecule has 188 valence electrons. The van der Waals surface area contributed by atoms with Crippen LogP contribution in [0.2, 0.25) is 0 Å². The van der Waals surface area contributed by atoms with Gasteiger partial charge in [0.25, 0.3) is 5.91 Å². The number of aryl methyl sites for hydroxylation is 1. The molecule has 0 radical (unpaired) electrons. The van der Waals surface area contributed by atoms with Gasteiger partial charge in [-0.2, -0.15) is 0 Å².